The Kier molecular flexibility index (Phi) is 50.1. The zero-order valence-corrected chi connectivity index (χ0v) is 43.0. The van der Waals surface area contributed by atoms with Gasteiger partial charge < -0.3 is 14.2 Å². The van der Waals surface area contributed by atoms with Gasteiger partial charge in [0.05, 0.1) is 0 Å². The fourth-order valence-corrected chi connectivity index (χ4v) is 8.75. The Balaban J connectivity index is 4.27. The third-order valence-corrected chi connectivity index (χ3v) is 13.0. The van der Waals surface area contributed by atoms with Gasteiger partial charge in [-0.2, -0.15) is 0 Å². The first kappa shape index (κ1) is 61.4. The third-order valence-electron chi connectivity index (χ3n) is 13.0. The molecule has 0 rings (SSSR count). The van der Waals surface area contributed by atoms with Crippen molar-refractivity contribution in [2.75, 3.05) is 13.2 Å². The average molecular weight is 892 g/mol. The van der Waals surface area contributed by atoms with Crippen LogP contribution >= 0.6 is 0 Å². The topological polar surface area (TPSA) is 78.9 Å². The normalized spacial score (nSPS) is 12.0. The monoisotopic (exact) mass is 891 g/mol. The minimum atomic E-state index is -0.761. The Morgan fingerprint density at radius 3 is 0.778 bits per heavy atom. The van der Waals surface area contributed by atoms with Gasteiger partial charge in [0.2, 0.25) is 0 Å². The van der Waals surface area contributed by atoms with Crippen LogP contribution in [0.15, 0.2) is 0 Å². The van der Waals surface area contributed by atoms with Crippen LogP contribution in [0.2, 0.25) is 0 Å². The average Bonchev–Trinajstić information content (AvgIpc) is 3.27. The number of hydrogen-bond acceptors (Lipinski definition) is 6. The summed E-state index contributed by atoms with van der Waals surface area (Å²) >= 11 is 0. The number of carbonyl (C=O) groups excluding carboxylic acids is 3. The van der Waals surface area contributed by atoms with Gasteiger partial charge in [-0.15, -0.1) is 0 Å². The fraction of sp³-hybridized carbons (Fsp3) is 0.947. The van der Waals surface area contributed by atoms with Gasteiger partial charge in [0.25, 0.3) is 0 Å². The summed E-state index contributed by atoms with van der Waals surface area (Å²) in [6, 6.07) is 0. The molecule has 0 aliphatic heterocycles. The molecule has 0 aliphatic carbocycles. The van der Waals surface area contributed by atoms with Gasteiger partial charge in [-0.1, -0.05) is 285 Å². The van der Waals surface area contributed by atoms with Gasteiger partial charge in [0, 0.05) is 19.3 Å². The summed E-state index contributed by atoms with van der Waals surface area (Å²) in [5, 5.41) is 0. The van der Waals surface area contributed by atoms with E-state index >= 15 is 0 Å². The zero-order valence-electron chi connectivity index (χ0n) is 43.0. The van der Waals surface area contributed by atoms with Crippen LogP contribution in [0.3, 0.4) is 0 Å². The summed E-state index contributed by atoms with van der Waals surface area (Å²) in [4.78, 5) is 38.1. The molecule has 6 heteroatoms. The molecule has 0 bridgehead atoms. The van der Waals surface area contributed by atoms with Crippen LogP contribution in [-0.4, -0.2) is 37.2 Å². The molecule has 63 heavy (non-hydrogen) atoms. The molecule has 0 aromatic rings. The number of unbranched alkanes of at least 4 members (excludes halogenated alkanes) is 39. The molecular formula is C57H110O6. The minimum Gasteiger partial charge on any atom is -0.462 e. The van der Waals surface area contributed by atoms with Crippen LogP contribution in [0.5, 0.6) is 0 Å². The van der Waals surface area contributed by atoms with Crippen molar-refractivity contribution >= 4 is 17.9 Å². The quantitative estimate of drug-likeness (QED) is 0.0344. The van der Waals surface area contributed by atoms with E-state index in [4.69, 9.17) is 14.2 Å². The smallest absolute Gasteiger partial charge is 0.306 e. The summed E-state index contributed by atoms with van der Waals surface area (Å²) in [7, 11) is 0. The van der Waals surface area contributed by atoms with Gasteiger partial charge in [0.1, 0.15) is 13.2 Å². The largest absolute Gasteiger partial charge is 0.462 e. The molecule has 0 N–H and O–H groups in total. The Hall–Kier alpha value is -1.59. The van der Waals surface area contributed by atoms with E-state index in [1.165, 1.54) is 218 Å². The summed E-state index contributed by atoms with van der Waals surface area (Å²) < 4.78 is 16.9. The molecule has 0 unspecified atom stereocenters. The summed E-state index contributed by atoms with van der Waals surface area (Å²) in [6.07, 6.45) is 55.2. The first-order chi connectivity index (χ1) is 30.9. The first-order valence-corrected chi connectivity index (χ1v) is 28.4. The van der Waals surface area contributed by atoms with Crippen molar-refractivity contribution in [1.82, 2.24) is 0 Å². The number of hydrogen-bond donors (Lipinski definition) is 0. The lowest BCUT2D eigenvalue weighted by Crippen LogP contribution is -2.30. The van der Waals surface area contributed by atoms with Gasteiger partial charge in [-0.3, -0.25) is 14.4 Å². The minimum absolute atomic E-state index is 0.0619. The first-order valence-electron chi connectivity index (χ1n) is 28.4. The Bertz CT molecular complexity index is 949. The second-order valence-electron chi connectivity index (χ2n) is 20.1. The van der Waals surface area contributed by atoms with Gasteiger partial charge in [-0.25, -0.2) is 0 Å². The predicted octanol–water partition coefficient (Wildman–Crippen LogP) is 18.6. The highest BCUT2D eigenvalue weighted by atomic mass is 16.6. The van der Waals surface area contributed by atoms with E-state index in [0.29, 0.717) is 19.3 Å². The molecular weight excluding hydrogens is 781 g/mol. The maximum absolute atomic E-state index is 12.8. The van der Waals surface area contributed by atoms with Gasteiger partial charge >= 0.3 is 17.9 Å². The molecule has 1 atom stereocenters. The van der Waals surface area contributed by atoms with Crippen molar-refractivity contribution in [2.45, 2.75) is 329 Å². The number of esters is 3. The van der Waals surface area contributed by atoms with Crippen LogP contribution in [0.4, 0.5) is 0 Å². The number of ether oxygens (including phenoxy) is 3. The molecule has 0 aromatic carbocycles. The second-order valence-corrected chi connectivity index (χ2v) is 20.1. The third kappa shape index (κ3) is 51.3. The van der Waals surface area contributed by atoms with E-state index in [9.17, 15) is 14.4 Å². The number of rotatable bonds is 52. The van der Waals surface area contributed by atoms with E-state index < -0.39 is 6.10 Å². The number of carbonyl (C=O) groups is 3. The maximum Gasteiger partial charge on any atom is 0.306 e. The zero-order chi connectivity index (χ0) is 45.9. The molecule has 0 heterocycles. The SMILES string of the molecule is CCCCCCCCCCCCCCCCCCCC(=O)OC[C@@H](COC(=O)CCCCCCCCCCCCCCCC(C)C)OC(=O)CCCCCCCCCCCCCC. The molecule has 0 radical (unpaired) electrons. The van der Waals surface area contributed by atoms with Crippen LogP contribution in [0, 0.1) is 5.92 Å². The summed E-state index contributed by atoms with van der Waals surface area (Å²) in [5.41, 5.74) is 0. The van der Waals surface area contributed by atoms with Crippen molar-refractivity contribution in [3.05, 3.63) is 0 Å². The second kappa shape index (κ2) is 51.4. The van der Waals surface area contributed by atoms with E-state index in [0.717, 1.165) is 63.7 Å². The predicted molar refractivity (Wildman–Crippen MR) is 270 cm³/mol. The van der Waals surface area contributed by atoms with Gasteiger partial charge in [-0.05, 0) is 25.2 Å². The molecule has 0 amide bonds. The lowest BCUT2D eigenvalue weighted by Gasteiger charge is -2.18. The molecule has 374 valence electrons. The van der Waals surface area contributed by atoms with E-state index in [1.54, 1.807) is 0 Å². The standard InChI is InChI=1S/C57H110O6/c1-5-7-9-11-13-15-17-19-20-21-22-25-29-32-36-40-44-48-55(58)61-51-54(63-57(60)50-46-42-38-34-28-18-16-14-12-10-8-6-2)52-62-56(59)49-45-41-37-33-30-26-23-24-27-31-35-39-43-47-53(3)4/h53-54H,5-52H2,1-4H3/t54-/m0/s1. The molecule has 0 fully saturated rings. The lowest BCUT2D eigenvalue weighted by molar-refractivity contribution is -0.167. The molecule has 0 spiro atoms. The maximum atomic E-state index is 12.8. The molecule has 0 aliphatic rings. The van der Waals surface area contributed by atoms with Crippen molar-refractivity contribution in [3.63, 3.8) is 0 Å². The van der Waals surface area contributed by atoms with Crippen LogP contribution < -0.4 is 0 Å². The summed E-state index contributed by atoms with van der Waals surface area (Å²) in [5.74, 6) is 0.00266. The Morgan fingerprint density at radius 2 is 0.524 bits per heavy atom. The highest BCUT2D eigenvalue weighted by Gasteiger charge is 2.19. The van der Waals surface area contributed by atoms with E-state index in [2.05, 4.69) is 27.7 Å². The molecule has 0 saturated carbocycles. The lowest BCUT2D eigenvalue weighted by atomic mass is 10.0. The van der Waals surface area contributed by atoms with Crippen molar-refractivity contribution < 1.29 is 28.6 Å². The van der Waals surface area contributed by atoms with Gasteiger partial charge in [0.15, 0.2) is 6.10 Å². The fourth-order valence-electron chi connectivity index (χ4n) is 8.75. The molecule has 0 aromatic heterocycles. The van der Waals surface area contributed by atoms with E-state index in [-0.39, 0.29) is 31.1 Å². The van der Waals surface area contributed by atoms with Crippen molar-refractivity contribution in [2.24, 2.45) is 5.92 Å². The highest BCUT2D eigenvalue weighted by Crippen LogP contribution is 2.18. The van der Waals surface area contributed by atoms with Crippen molar-refractivity contribution in [3.8, 4) is 0 Å². The van der Waals surface area contributed by atoms with Crippen LogP contribution in [0.1, 0.15) is 323 Å². The van der Waals surface area contributed by atoms with Crippen molar-refractivity contribution in [1.29, 1.82) is 0 Å². The summed E-state index contributed by atoms with van der Waals surface area (Å²) in [6.45, 7) is 9.05. The van der Waals surface area contributed by atoms with Crippen LogP contribution in [0.25, 0.3) is 0 Å². The molecule has 6 nitrogen and oxygen atoms in total. The van der Waals surface area contributed by atoms with Crippen LogP contribution in [-0.2, 0) is 28.6 Å². The van der Waals surface area contributed by atoms with E-state index in [1.807, 2.05) is 0 Å². The Morgan fingerprint density at radius 1 is 0.302 bits per heavy atom. The molecule has 0 saturated heterocycles. The highest BCUT2D eigenvalue weighted by molar-refractivity contribution is 5.71. The Labute approximate surface area is 393 Å².